The number of amides is 1. The monoisotopic (exact) mass is 444 g/mol. The number of benzene rings is 2. The molecule has 0 aliphatic carbocycles. The molecule has 0 aliphatic rings. The van der Waals surface area contributed by atoms with Crippen LogP contribution in [0, 0.1) is 13.8 Å². The number of hydrogen-bond donors (Lipinski definition) is 1. The highest BCUT2D eigenvalue weighted by atomic mass is 32.2. The Bertz CT molecular complexity index is 1150. The van der Waals surface area contributed by atoms with Crippen LogP contribution < -0.4 is 14.4 Å². The van der Waals surface area contributed by atoms with Gasteiger partial charge in [-0.05, 0) is 61.4 Å². The zero-order valence-electron chi connectivity index (χ0n) is 17.7. The predicted octanol–water partition coefficient (Wildman–Crippen LogP) is 2.44. The Kier molecular flexibility index (Phi) is 6.59. The number of hydrogen-bond acceptors (Lipinski definition) is 7. The third-order valence-electron chi connectivity index (χ3n) is 4.44. The lowest BCUT2D eigenvalue weighted by Gasteiger charge is -2.22. The topological polar surface area (TPSA) is 115 Å². The number of carbonyl (C=O) groups is 1. The molecule has 164 valence electrons. The molecule has 0 saturated carbocycles. The van der Waals surface area contributed by atoms with Crippen molar-refractivity contribution >= 4 is 21.6 Å². The van der Waals surface area contributed by atoms with Crippen LogP contribution in [0.4, 0.5) is 5.69 Å². The fourth-order valence-corrected chi connectivity index (χ4v) is 3.88. The summed E-state index contributed by atoms with van der Waals surface area (Å²) in [6.45, 7) is 3.35. The Morgan fingerprint density at radius 1 is 1.13 bits per heavy atom. The molecule has 3 aromatic rings. The molecule has 1 amide bonds. The van der Waals surface area contributed by atoms with Crippen molar-refractivity contribution < 1.29 is 22.5 Å². The van der Waals surface area contributed by atoms with Crippen molar-refractivity contribution in [3.05, 3.63) is 59.5 Å². The average Bonchev–Trinajstić information content (AvgIpc) is 3.18. The number of carbonyl (C=O) groups excluding carboxylic acids is 1. The standard InChI is InChI=1S/C21H24N4O5S/c1-14-9-15(2)11-17(10-14)25(31(4,27)28)13-19(26)22-12-20-23-21(24-30-20)16-5-7-18(29-3)8-6-16/h5-11H,12-13H2,1-4H3,(H,22,26). The molecule has 0 aliphatic heterocycles. The van der Waals surface area contributed by atoms with Gasteiger partial charge in [-0.15, -0.1) is 0 Å². The van der Waals surface area contributed by atoms with Crippen molar-refractivity contribution in [2.45, 2.75) is 20.4 Å². The highest BCUT2D eigenvalue weighted by Gasteiger charge is 2.21. The number of aromatic nitrogens is 2. The summed E-state index contributed by atoms with van der Waals surface area (Å²) in [7, 11) is -2.08. The van der Waals surface area contributed by atoms with Gasteiger partial charge in [0.2, 0.25) is 27.6 Å². The predicted molar refractivity (Wildman–Crippen MR) is 116 cm³/mol. The van der Waals surface area contributed by atoms with Gasteiger partial charge in [-0.25, -0.2) is 8.42 Å². The first-order chi connectivity index (χ1) is 14.7. The fraction of sp³-hybridized carbons (Fsp3) is 0.286. The molecular weight excluding hydrogens is 420 g/mol. The van der Waals surface area contributed by atoms with Gasteiger partial charge in [0.1, 0.15) is 12.3 Å². The van der Waals surface area contributed by atoms with Crippen molar-refractivity contribution in [2.75, 3.05) is 24.2 Å². The lowest BCUT2D eigenvalue weighted by molar-refractivity contribution is -0.119. The van der Waals surface area contributed by atoms with Gasteiger partial charge in [-0.3, -0.25) is 9.10 Å². The second kappa shape index (κ2) is 9.17. The van der Waals surface area contributed by atoms with Crippen LogP contribution in [0.1, 0.15) is 17.0 Å². The minimum Gasteiger partial charge on any atom is -0.497 e. The van der Waals surface area contributed by atoms with Crippen LogP contribution in [0.2, 0.25) is 0 Å². The molecule has 1 heterocycles. The molecule has 0 saturated heterocycles. The third-order valence-corrected chi connectivity index (χ3v) is 5.58. The summed E-state index contributed by atoms with van der Waals surface area (Å²) in [6, 6.07) is 12.5. The summed E-state index contributed by atoms with van der Waals surface area (Å²) in [6.07, 6.45) is 1.07. The van der Waals surface area contributed by atoms with E-state index in [9.17, 15) is 13.2 Å². The molecule has 0 unspecified atom stereocenters. The van der Waals surface area contributed by atoms with Crippen molar-refractivity contribution in [1.29, 1.82) is 0 Å². The maximum atomic E-state index is 12.4. The van der Waals surface area contributed by atoms with Gasteiger partial charge >= 0.3 is 0 Å². The molecule has 9 nitrogen and oxygen atoms in total. The quantitative estimate of drug-likeness (QED) is 0.567. The van der Waals surface area contributed by atoms with Crippen LogP contribution in [0.25, 0.3) is 11.4 Å². The van der Waals surface area contributed by atoms with Crippen LogP contribution in [-0.4, -0.2) is 44.4 Å². The normalized spacial score (nSPS) is 11.2. The molecule has 0 spiro atoms. The van der Waals surface area contributed by atoms with Crippen molar-refractivity contribution in [1.82, 2.24) is 15.5 Å². The highest BCUT2D eigenvalue weighted by Crippen LogP contribution is 2.21. The molecule has 1 N–H and O–H groups in total. The first kappa shape index (κ1) is 22.3. The number of rotatable bonds is 8. The fourth-order valence-electron chi connectivity index (χ4n) is 3.04. The minimum absolute atomic E-state index is 0.0214. The Morgan fingerprint density at radius 3 is 2.35 bits per heavy atom. The highest BCUT2D eigenvalue weighted by molar-refractivity contribution is 7.92. The SMILES string of the molecule is COc1ccc(-c2noc(CNC(=O)CN(c3cc(C)cc(C)c3)S(C)(=O)=O)n2)cc1. The molecule has 0 radical (unpaired) electrons. The second-order valence-corrected chi connectivity index (χ2v) is 9.04. The number of nitrogens with one attached hydrogen (secondary N) is 1. The summed E-state index contributed by atoms with van der Waals surface area (Å²) in [4.78, 5) is 16.7. The zero-order valence-corrected chi connectivity index (χ0v) is 18.6. The van der Waals surface area contributed by atoms with Gasteiger partial charge in [-0.2, -0.15) is 4.98 Å². The summed E-state index contributed by atoms with van der Waals surface area (Å²) in [5.74, 6) is 0.795. The number of methoxy groups -OCH3 is 1. The summed E-state index contributed by atoms with van der Waals surface area (Å²) in [5, 5.41) is 6.52. The van der Waals surface area contributed by atoms with E-state index in [4.69, 9.17) is 9.26 Å². The lowest BCUT2D eigenvalue weighted by atomic mass is 10.1. The van der Waals surface area contributed by atoms with E-state index in [1.165, 1.54) is 0 Å². The molecule has 2 aromatic carbocycles. The first-order valence-corrected chi connectivity index (χ1v) is 11.3. The minimum atomic E-state index is -3.66. The Labute approximate surface area is 181 Å². The van der Waals surface area contributed by atoms with Crippen molar-refractivity contribution in [3.8, 4) is 17.1 Å². The van der Waals surface area contributed by atoms with E-state index in [1.807, 2.05) is 19.9 Å². The second-order valence-electron chi connectivity index (χ2n) is 7.13. The van der Waals surface area contributed by atoms with E-state index in [0.29, 0.717) is 17.3 Å². The zero-order chi connectivity index (χ0) is 22.6. The summed E-state index contributed by atoms with van der Waals surface area (Å²) < 4.78 is 35.9. The largest absolute Gasteiger partial charge is 0.497 e. The molecule has 1 aromatic heterocycles. The molecule has 31 heavy (non-hydrogen) atoms. The van der Waals surface area contributed by atoms with E-state index < -0.39 is 15.9 Å². The van der Waals surface area contributed by atoms with Crippen LogP contribution >= 0.6 is 0 Å². The van der Waals surface area contributed by atoms with Crippen molar-refractivity contribution in [2.24, 2.45) is 0 Å². The van der Waals surface area contributed by atoms with Gasteiger partial charge < -0.3 is 14.6 Å². The van der Waals surface area contributed by atoms with E-state index >= 15 is 0 Å². The number of sulfonamides is 1. The smallest absolute Gasteiger partial charge is 0.246 e. The van der Waals surface area contributed by atoms with Crippen LogP contribution in [-0.2, 0) is 21.4 Å². The summed E-state index contributed by atoms with van der Waals surface area (Å²) >= 11 is 0. The van der Waals surface area contributed by atoms with Gasteiger partial charge in [0, 0.05) is 5.56 Å². The number of aryl methyl sites for hydroxylation is 2. The lowest BCUT2D eigenvalue weighted by Crippen LogP contribution is -2.40. The molecule has 0 atom stereocenters. The van der Waals surface area contributed by atoms with E-state index in [1.54, 1.807) is 43.5 Å². The average molecular weight is 445 g/mol. The number of anilines is 1. The molecule has 10 heteroatoms. The molecular formula is C21H24N4O5S. The van der Waals surface area contributed by atoms with Gasteiger partial charge in [0.25, 0.3) is 0 Å². The van der Waals surface area contributed by atoms with Gasteiger partial charge in [0.05, 0.1) is 25.6 Å². The maximum Gasteiger partial charge on any atom is 0.246 e. The molecule has 0 bridgehead atoms. The van der Waals surface area contributed by atoms with Crippen LogP contribution in [0.5, 0.6) is 5.75 Å². The molecule has 3 rings (SSSR count). The maximum absolute atomic E-state index is 12.4. The van der Waals surface area contributed by atoms with E-state index in [2.05, 4.69) is 15.5 Å². The van der Waals surface area contributed by atoms with Crippen molar-refractivity contribution in [3.63, 3.8) is 0 Å². The van der Waals surface area contributed by atoms with Crippen LogP contribution in [0.3, 0.4) is 0 Å². The van der Waals surface area contributed by atoms with Gasteiger partial charge in [0.15, 0.2) is 0 Å². The van der Waals surface area contributed by atoms with E-state index in [0.717, 1.165) is 27.3 Å². The van der Waals surface area contributed by atoms with Crippen LogP contribution in [0.15, 0.2) is 47.0 Å². The number of ether oxygens (including phenoxy) is 1. The number of nitrogens with zero attached hydrogens (tertiary/aromatic N) is 3. The summed E-state index contributed by atoms with van der Waals surface area (Å²) in [5.41, 5.74) is 2.98. The van der Waals surface area contributed by atoms with Gasteiger partial charge in [-0.1, -0.05) is 11.2 Å². The Balaban J connectivity index is 1.66. The Hall–Kier alpha value is -3.40. The third kappa shape index (κ3) is 5.82. The Morgan fingerprint density at radius 2 is 1.77 bits per heavy atom. The van der Waals surface area contributed by atoms with E-state index in [-0.39, 0.29) is 19.0 Å². The first-order valence-electron chi connectivity index (χ1n) is 9.45. The molecule has 0 fully saturated rings.